The first-order valence-electron chi connectivity index (χ1n) is 11.2. The lowest BCUT2D eigenvalue weighted by atomic mass is 9.65. The number of hydrogen-bond acceptors (Lipinski definition) is 2. The molecule has 2 aliphatic carbocycles. The number of rotatable bonds is 2. The van der Waals surface area contributed by atoms with Crippen LogP contribution in [0.1, 0.15) is 56.4 Å². The number of carbonyl (C=O) groups excluding carboxylic acids is 1. The van der Waals surface area contributed by atoms with E-state index in [0.717, 1.165) is 38.8 Å². The van der Waals surface area contributed by atoms with Crippen LogP contribution in [0.2, 0.25) is 0 Å². The standard InChI is InChI=1S/C25H32N2O/c26-24-19-7-3-8-20(24)16-21(15-19)25(28)27-13-11-18(12-14-27)23-10-4-6-17-5-1-2-9-22(17)23/h1-2,4-6,9-10,18-21,24H,3,7-8,11-16,26H2. The molecule has 2 N–H and O–H groups in total. The smallest absolute Gasteiger partial charge is 0.225 e. The molecule has 1 heterocycles. The summed E-state index contributed by atoms with van der Waals surface area (Å²) < 4.78 is 0. The van der Waals surface area contributed by atoms with Crippen molar-refractivity contribution in [1.82, 2.24) is 4.90 Å². The molecule has 3 aliphatic rings. The predicted molar refractivity (Wildman–Crippen MR) is 114 cm³/mol. The molecule has 3 nitrogen and oxygen atoms in total. The molecule has 2 saturated carbocycles. The van der Waals surface area contributed by atoms with Crippen molar-refractivity contribution in [2.75, 3.05) is 13.1 Å². The SMILES string of the molecule is NC1C2CCCC1CC(C(=O)N1CCC(c3cccc4ccccc34)CC1)C2. The van der Waals surface area contributed by atoms with Crippen LogP contribution in [0.5, 0.6) is 0 Å². The van der Waals surface area contributed by atoms with Crippen molar-refractivity contribution in [3.8, 4) is 0 Å². The number of nitrogens with zero attached hydrogens (tertiary/aromatic N) is 1. The normalized spacial score (nSPS) is 31.1. The average Bonchev–Trinajstić information content (AvgIpc) is 2.73. The number of hydrogen-bond donors (Lipinski definition) is 1. The van der Waals surface area contributed by atoms with E-state index < -0.39 is 0 Å². The van der Waals surface area contributed by atoms with Gasteiger partial charge in [0.15, 0.2) is 0 Å². The lowest BCUT2D eigenvalue weighted by molar-refractivity contribution is -0.139. The minimum atomic E-state index is 0.226. The second kappa shape index (κ2) is 7.51. The number of benzene rings is 2. The van der Waals surface area contributed by atoms with Crippen molar-refractivity contribution in [2.45, 2.75) is 56.9 Å². The summed E-state index contributed by atoms with van der Waals surface area (Å²) in [6, 6.07) is 15.7. The quantitative estimate of drug-likeness (QED) is 0.826. The fourth-order valence-corrected chi connectivity index (χ4v) is 6.27. The number of carbonyl (C=O) groups is 1. The molecule has 28 heavy (non-hydrogen) atoms. The van der Waals surface area contributed by atoms with Gasteiger partial charge in [-0.1, -0.05) is 48.9 Å². The summed E-state index contributed by atoms with van der Waals surface area (Å²) in [4.78, 5) is 15.4. The van der Waals surface area contributed by atoms with E-state index in [1.807, 2.05) is 0 Å². The number of fused-ring (bicyclic) bond motifs is 3. The third-order valence-electron chi connectivity index (χ3n) is 7.83. The first kappa shape index (κ1) is 18.2. The highest BCUT2D eigenvalue weighted by atomic mass is 16.2. The van der Waals surface area contributed by atoms with Crippen molar-refractivity contribution in [3.63, 3.8) is 0 Å². The fraction of sp³-hybridized carbons (Fsp3) is 0.560. The first-order chi connectivity index (χ1) is 13.7. The van der Waals surface area contributed by atoms with Gasteiger partial charge in [0.2, 0.25) is 5.91 Å². The zero-order chi connectivity index (χ0) is 19.1. The Morgan fingerprint density at radius 2 is 1.57 bits per heavy atom. The molecule has 0 radical (unpaired) electrons. The van der Waals surface area contributed by atoms with Crippen LogP contribution in [0.3, 0.4) is 0 Å². The van der Waals surface area contributed by atoms with E-state index in [4.69, 9.17) is 5.73 Å². The van der Waals surface area contributed by atoms with Gasteiger partial charge in [0.25, 0.3) is 0 Å². The van der Waals surface area contributed by atoms with Gasteiger partial charge in [0.1, 0.15) is 0 Å². The summed E-state index contributed by atoms with van der Waals surface area (Å²) in [6.07, 6.45) is 7.98. The van der Waals surface area contributed by atoms with E-state index in [2.05, 4.69) is 47.4 Å². The molecule has 2 atom stereocenters. The minimum Gasteiger partial charge on any atom is -0.342 e. The van der Waals surface area contributed by atoms with E-state index in [1.54, 1.807) is 0 Å². The monoisotopic (exact) mass is 376 g/mol. The summed E-state index contributed by atoms with van der Waals surface area (Å²) in [5.74, 6) is 2.36. The molecular formula is C25H32N2O. The van der Waals surface area contributed by atoms with Gasteiger partial charge in [-0.15, -0.1) is 0 Å². The Morgan fingerprint density at radius 1 is 0.893 bits per heavy atom. The molecule has 1 saturated heterocycles. The lowest BCUT2D eigenvalue weighted by Crippen LogP contribution is -2.50. The van der Waals surface area contributed by atoms with Gasteiger partial charge in [-0.05, 0) is 72.6 Å². The third kappa shape index (κ3) is 3.24. The number of amides is 1. The molecule has 2 unspecified atom stereocenters. The number of piperidine rings is 1. The second-order valence-electron chi connectivity index (χ2n) is 9.36. The summed E-state index contributed by atoms with van der Waals surface area (Å²) in [7, 11) is 0. The second-order valence-corrected chi connectivity index (χ2v) is 9.36. The van der Waals surface area contributed by atoms with E-state index in [0.29, 0.717) is 29.7 Å². The Morgan fingerprint density at radius 3 is 2.32 bits per heavy atom. The molecule has 1 amide bonds. The molecular weight excluding hydrogens is 344 g/mol. The molecule has 3 heteroatoms. The van der Waals surface area contributed by atoms with Crippen molar-refractivity contribution in [2.24, 2.45) is 23.5 Å². The zero-order valence-electron chi connectivity index (χ0n) is 16.7. The zero-order valence-corrected chi connectivity index (χ0v) is 16.7. The van der Waals surface area contributed by atoms with Crippen LogP contribution in [0.25, 0.3) is 10.8 Å². The molecule has 0 aromatic heterocycles. The predicted octanol–water partition coefficient (Wildman–Crippen LogP) is 4.70. The van der Waals surface area contributed by atoms with Crippen molar-refractivity contribution in [3.05, 3.63) is 48.0 Å². The summed E-state index contributed by atoms with van der Waals surface area (Å²) >= 11 is 0. The van der Waals surface area contributed by atoms with E-state index in [-0.39, 0.29) is 5.92 Å². The fourth-order valence-electron chi connectivity index (χ4n) is 6.27. The Hall–Kier alpha value is -1.87. The molecule has 0 spiro atoms. The molecule has 2 bridgehead atoms. The van der Waals surface area contributed by atoms with Crippen LogP contribution >= 0.6 is 0 Å². The molecule has 1 aliphatic heterocycles. The van der Waals surface area contributed by atoms with Gasteiger partial charge in [-0.3, -0.25) is 4.79 Å². The van der Waals surface area contributed by atoms with Gasteiger partial charge in [0, 0.05) is 25.0 Å². The molecule has 148 valence electrons. The summed E-state index contributed by atoms with van der Waals surface area (Å²) in [6.45, 7) is 1.81. The minimum absolute atomic E-state index is 0.226. The highest BCUT2D eigenvalue weighted by molar-refractivity contribution is 5.86. The highest BCUT2D eigenvalue weighted by Crippen LogP contribution is 2.43. The van der Waals surface area contributed by atoms with Crippen molar-refractivity contribution < 1.29 is 4.79 Å². The highest BCUT2D eigenvalue weighted by Gasteiger charge is 2.42. The molecule has 3 fully saturated rings. The molecule has 2 aromatic rings. The van der Waals surface area contributed by atoms with Crippen LogP contribution < -0.4 is 5.73 Å². The maximum Gasteiger partial charge on any atom is 0.225 e. The van der Waals surface area contributed by atoms with Crippen molar-refractivity contribution in [1.29, 1.82) is 0 Å². The number of nitrogens with two attached hydrogens (primary N) is 1. The maximum atomic E-state index is 13.2. The van der Waals surface area contributed by atoms with Gasteiger partial charge < -0.3 is 10.6 Å². The third-order valence-corrected chi connectivity index (χ3v) is 7.83. The Kier molecular flexibility index (Phi) is 4.88. The van der Waals surface area contributed by atoms with Crippen LogP contribution in [0, 0.1) is 17.8 Å². The Balaban J connectivity index is 1.25. The van der Waals surface area contributed by atoms with Gasteiger partial charge in [0.05, 0.1) is 0 Å². The molecule has 2 aromatic carbocycles. The van der Waals surface area contributed by atoms with Gasteiger partial charge in [-0.2, -0.15) is 0 Å². The summed E-state index contributed by atoms with van der Waals surface area (Å²) in [5, 5.41) is 2.70. The van der Waals surface area contributed by atoms with Crippen LogP contribution in [-0.4, -0.2) is 29.9 Å². The summed E-state index contributed by atoms with van der Waals surface area (Å²) in [5.41, 5.74) is 7.89. The Bertz CT molecular complexity index is 835. The topological polar surface area (TPSA) is 46.3 Å². The Labute approximate surface area is 168 Å². The average molecular weight is 377 g/mol. The van der Waals surface area contributed by atoms with E-state index in [1.165, 1.54) is 35.6 Å². The van der Waals surface area contributed by atoms with E-state index in [9.17, 15) is 4.79 Å². The van der Waals surface area contributed by atoms with Crippen LogP contribution in [0.15, 0.2) is 42.5 Å². The van der Waals surface area contributed by atoms with Gasteiger partial charge in [-0.25, -0.2) is 0 Å². The lowest BCUT2D eigenvalue weighted by Gasteiger charge is -2.45. The first-order valence-corrected chi connectivity index (χ1v) is 11.2. The van der Waals surface area contributed by atoms with Crippen LogP contribution in [-0.2, 0) is 4.79 Å². The molecule has 5 rings (SSSR count). The largest absolute Gasteiger partial charge is 0.342 e. The van der Waals surface area contributed by atoms with E-state index >= 15 is 0 Å². The maximum absolute atomic E-state index is 13.2. The van der Waals surface area contributed by atoms with Crippen LogP contribution in [0.4, 0.5) is 0 Å². The van der Waals surface area contributed by atoms with Crippen molar-refractivity contribution >= 4 is 16.7 Å². The number of likely N-dealkylation sites (tertiary alicyclic amines) is 1. The van der Waals surface area contributed by atoms with Gasteiger partial charge >= 0.3 is 0 Å².